The van der Waals surface area contributed by atoms with E-state index < -0.39 is 0 Å². The highest BCUT2D eigenvalue weighted by Gasteiger charge is 2.29. The lowest BCUT2D eigenvalue weighted by Gasteiger charge is -2.08. The molecule has 3 aromatic rings. The Morgan fingerprint density at radius 1 is 1.33 bits per heavy atom. The lowest BCUT2D eigenvalue weighted by molar-refractivity contribution is -0.120. The fourth-order valence-electron chi connectivity index (χ4n) is 2.96. The molecule has 0 bridgehead atoms. The molecule has 2 aromatic heterocycles. The lowest BCUT2D eigenvalue weighted by Crippen LogP contribution is -2.20. The van der Waals surface area contributed by atoms with Gasteiger partial charge >= 0.3 is 0 Å². The number of rotatable bonds is 5. The summed E-state index contributed by atoms with van der Waals surface area (Å²) in [6.07, 6.45) is 2.44. The normalized spacial score (nSPS) is 13.8. The van der Waals surface area contributed by atoms with E-state index in [1.807, 2.05) is 13.8 Å². The van der Waals surface area contributed by atoms with Gasteiger partial charge in [0.05, 0.1) is 27.7 Å². The topological polar surface area (TPSA) is 72.7 Å². The van der Waals surface area contributed by atoms with Crippen molar-refractivity contribution in [3.8, 4) is 16.4 Å². The van der Waals surface area contributed by atoms with Gasteiger partial charge in [0, 0.05) is 13.0 Å². The van der Waals surface area contributed by atoms with Crippen LogP contribution in [0.2, 0.25) is 0 Å². The van der Waals surface area contributed by atoms with Crippen molar-refractivity contribution in [3.63, 3.8) is 0 Å². The minimum Gasteiger partial charge on any atom is -0.359 e. The first-order chi connectivity index (χ1) is 13.0. The molecule has 27 heavy (non-hydrogen) atoms. The van der Waals surface area contributed by atoms with Crippen LogP contribution in [0.25, 0.3) is 16.4 Å². The Balaban J connectivity index is 1.84. The number of amides is 1. The minimum absolute atomic E-state index is 0.0874. The molecule has 1 aliphatic rings. The molecule has 0 spiro atoms. The molecule has 0 aliphatic heterocycles. The average Bonchev–Trinajstić information content (AvgIpc) is 3.30. The molecule has 1 aliphatic carbocycles. The van der Waals surface area contributed by atoms with Crippen molar-refractivity contribution in [1.82, 2.24) is 25.1 Å². The van der Waals surface area contributed by atoms with E-state index >= 15 is 0 Å². The zero-order valence-corrected chi connectivity index (χ0v) is 16.2. The number of benzene rings is 1. The van der Waals surface area contributed by atoms with Crippen LogP contribution >= 0.6 is 11.3 Å². The Kier molecular flexibility index (Phi) is 4.51. The Hall–Kier alpha value is -2.61. The summed E-state index contributed by atoms with van der Waals surface area (Å²) in [5.74, 6) is 1.17. The Morgan fingerprint density at radius 2 is 2.11 bits per heavy atom. The average molecular weight is 385 g/mol. The molecule has 1 amide bonds. The predicted molar refractivity (Wildman–Crippen MR) is 102 cm³/mol. The fraction of sp³-hybridized carbons (Fsp3) is 0.368. The second-order valence-corrected chi connectivity index (χ2v) is 7.82. The number of thiazole rings is 1. The maximum atomic E-state index is 13.6. The highest BCUT2D eigenvalue weighted by molar-refractivity contribution is 7.15. The number of likely N-dealkylation sites (N-methyl/N-ethyl adjacent to an activating group) is 1. The highest BCUT2D eigenvalue weighted by atomic mass is 32.1. The van der Waals surface area contributed by atoms with Crippen LogP contribution in [0.4, 0.5) is 4.39 Å². The number of carbonyl (C=O) groups excluding carboxylic acids is 1. The van der Waals surface area contributed by atoms with Crippen molar-refractivity contribution < 1.29 is 9.18 Å². The largest absolute Gasteiger partial charge is 0.359 e. The molecular formula is C19H20FN5OS. The van der Waals surface area contributed by atoms with Crippen LogP contribution in [-0.2, 0) is 11.2 Å². The van der Waals surface area contributed by atoms with Crippen molar-refractivity contribution in [2.45, 2.75) is 39.0 Å². The summed E-state index contributed by atoms with van der Waals surface area (Å²) >= 11 is 1.63. The highest BCUT2D eigenvalue weighted by Crippen LogP contribution is 2.44. The molecule has 6 nitrogen and oxygen atoms in total. The second kappa shape index (κ2) is 6.84. The Labute approximate surface area is 160 Å². The molecule has 140 valence electrons. The zero-order valence-electron chi connectivity index (χ0n) is 15.4. The number of nitrogens with zero attached hydrogens (tertiary/aromatic N) is 4. The van der Waals surface area contributed by atoms with Gasteiger partial charge in [-0.3, -0.25) is 4.79 Å². The molecule has 0 atom stereocenters. The third-order valence-electron chi connectivity index (χ3n) is 4.58. The van der Waals surface area contributed by atoms with Crippen molar-refractivity contribution in [2.75, 3.05) is 7.05 Å². The van der Waals surface area contributed by atoms with E-state index in [0.717, 1.165) is 26.8 Å². The smallest absolute Gasteiger partial charge is 0.227 e. The number of carbonyl (C=O) groups is 1. The maximum absolute atomic E-state index is 13.6. The van der Waals surface area contributed by atoms with E-state index in [1.54, 1.807) is 29.1 Å². The number of aryl methyl sites for hydroxylation is 2. The second-order valence-electron chi connectivity index (χ2n) is 6.79. The van der Waals surface area contributed by atoms with Gasteiger partial charge in [0.2, 0.25) is 5.91 Å². The summed E-state index contributed by atoms with van der Waals surface area (Å²) in [5, 5.41) is 8.26. The van der Waals surface area contributed by atoms with Gasteiger partial charge in [-0.25, -0.2) is 19.0 Å². The summed E-state index contributed by atoms with van der Waals surface area (Å²) in [5.41, 5.74) is 2.39. The van der Waals surface area contributed by atoms with E-state index in [9.17, 15) is 9.18 Å². The first-order valence-corrected chi connectivity index (χ1v) is 9.68. The van der Waals surface area contributed by atoms with Gasteiger partial charge in [-0.05, 0) is 50.5 Å². The molecule has 0 unspecified atom stereocenters. The fourth-order valence-corrected chi connectivity index (χ4v) is 4.17. The molecule has 4 rings (SSSR count). The zero-order chi connectivity index (χ0) is 19.1. The van der Waals surface area contributed by atoms with Crippen LogP contribution in [0, 0.1) is 19.7 Å². The number of hydrogen-bond acceptors (Lipinski definition) is 5. The molecule has 1 N–H and O–H groups in total. The number of halogens is 1. The molecule has 8 heteroatoms. The molecule has 0 saturated heterocycles. The van der Waals surface area contributed by atoms with Crippen LogP contribution in [0.5, 0.6) is 0 Å². The monoisotopic (exact) mass is 385 g/mol. The first kappa shape index (κ1) is 17.8. The first-order valence-electron chi connectivity index (χ1n) is 8.87. The quantitative estimate of drug-likeness (QED) is 0.731. The molecule has 1 saturated carbocycles. The van der Waals surface area contributed by atoms with Crippen molar-refractivity contribution >= 4 is 17.2 Å². The third kappa shape index (κ3) is 3.49. The van der Waals surface area contributed by atoms with E-state index in [2.05, 4.69) is 15.4 Å². The van der Waals surface area contributed by atoms with Crippen LogP contribution in [-0.4, -0.2) is 32.7 Å². The van der Waals surface area contributed by atoms with Gasteiger partial charge in [-0.2, -0.15) is 5.10 Å². The number of hydrogen-bond donors (Lipinski definition) is 1. The van der Waals surface area contributed by atoms with E-state index in [4.69, 9.17) is 4.98 Å². The summed E-state index contributed by atoms with van der Waals surface area (Å²) in [6, 6.07) is 4.56. The molecule has 0 radical (unpaired) electrons. The molecule has 1 fully saturated rings. The maximum Gasteiger partial charge on any atom is 0.227 e. The van der Waals surface area contributed by atoms with Crippen molar-refractivity contribution in [3.05, 3.63) is 46.1 Å². The van der Waals surface area contributed by atoms with Gasteiger partial charge in [0.25, 0.3) is 0 Å². The van der Waals surface area contributed by atoms with E-state index in [1.165, 1.54) is 25.0 Å². The Bertz CT molecular complexity index is 1020. The Morgan fingerprint density at radius 3 is 2.78 bits per heavy atom. The lowest BCUT2D eigenvalue weighted by atomic mass is 10.2. The van der Waals surface area contributed by atoms with Gasteiger partial charge in [-0.15, -0.1) is 11.3 Å². The minimum atomic E-state index is -0.298. The van der Waals surface area contributed by atoms with Crippen LogP contribution in [0.15, 0.2) is 18.2 Å². The predicted octanol–water partition coefficient (Wildman–Crippen LogP) is 3.31. The number of aromatic nitrogens is 4. The summed E-state index contributed by atoms with van der Waals surface area (Å²) in [4.78, 5) is 22.1. The summed E-state index contributed by atoms with van der Waals surface area (Å²) in [7, 11) is 1.58. The van der Waals surface area contributed by atoms with Crippen molar-refractivity contribution in [2.24, 2.45) is 0 Å². The van der Waals surface area contributed by atoms with Crippen LogP contribution in [0.1, 0.15) is 40.8 Å². The van der Waals surface area contributed by atoms with Crippen LogP contribution < -0.4 is 5.32 Å². The third-order valence-corrected chi connectivity index (χ3v) is 5.89. The standard InChI is InChI=1S/C19H20FN5OS/c1-10-8-13(20)6-7-14(10)25-18(23-15(24-25)9-16(26)21-3)17-11(2)22-19(27-17)12-4-5-12/h6-8,12H,4-5,9H2,1-3H3,(H,21,26). The summed E-state index contributed by atoms with van der Waals surface area (Å²) < 4.78 is 15.3. The van der Waals surface area contributed by atoms with Gasteiger partial charge in [-0.1, -0.05) is 0 Å². The van der Waals surface area contributed by atoms with Crippen molar-refractivity contribution in [1.29, 1.82) is 0 Å². The molecule has 1 aromatic carbocycles. The van der Waals surface area contributed by atoms with E-state index in [-0.39, 0.29) is 18.1 Å². The summed E-state index contributed by atoms with van der Waals surface area (Å²) in [6.45, 7) is 3.80. The molecular weight excluding hydrogens is 365 g/mol. The molecule has 2 heterocycles. The van der Waals surface area contributed by atoms with Crippen LogP contribution in [0.3, 0.4) is 0 Å². The van der Waals surface area contributed by atoms with Gasteiger partial charge in [0.15, 0.2) is 11.6 Å². The van der Waals surface area contributed by atoms with Gasteiger partial charge in [0.1, 0.15) is 5.82 Å². The van der Waals surface area contributed by atoms with E-state index in [0.29, 0.717) is 17.6 Å². The SMILES string of the molecule is CNC(=O)Cc1nc(-c2sc(C3CC3)nc2C)n(-c2ccc(F)cc2C)n1. The van der Waals surface area contributed by atoms with Gasteiger partial charge < -0.3 is 5.32 Å². The number of nitrogens with one attached hydrogen (secondary N) is 1.